The minimum absolute atomic E-state index is 0.0193. The van der Waals surface area contributed by atoms with Crippen molar-refractivity contribution in [2.24, 2.45) is 5.73 Å². The third-order valence-electron chi connectivity index (χ3n) is 7.02. The number of hydrogen-bond donors (Lipinski definition) is 2. The number of halogens is 3. The van der Waals surface area contributed by atoms with E-state index in [-0.39, 0.29) is 46.3 Å². The molecule has 4 heterocycles. The van der Waals surface area contributed by atoms with Gasteiger partial charge in [0, 0.05) is 35.6 Å². The normalized spacial score (nSPS) is 15.2. The van der Waals surface area contributed by atoms with Gasteiger partial charge in [-0.25, -0.2) is 9.97 Å². The van der Waals surface area contributed by atoms with Gasteiger partial charge in [0.05, 0.1) is 19.4 Å². The first-order valence-corrected chi connectivity index (χ1v) is 12.9. The Morgan fingerprint density at radius 2 is 1.88 bits per heavy atom. The second-order valence-corrected chi connectivity index (χ2v) is 9.90. The number of amides is 2. The molecular formula is C28H28F3N5O5. The van der Waals surface area contributed by atoms with Crippen LogP contribution in [0.5, 0.6) is 5.75 Å². The zero-order chi connectivity index (χ0) is 29.5. The number of nitrogens with zero attached hydrogens (tertiary/aromatic N) is 3. The quantitative estimate of drug-likeness (QED) is 0.334. The largest absolute Gasteiger partial charge is 0.494 e. The van der Waals surface area contributed by atoms with E-state index >= 15 is 0 Å². The van der Waals surface area contributed by atoms with E-state index in [0.29, 0.717) is 36.9 Å². The monoisotopic (exact) mass is 571 g/mol. The number of oxazole rings is 1. The summed E-state index contributed by atoms with van der Waals surface area (Å²) >= 11 is 0. The summed E-state index contributed by atoms with van der Waals surface area (Å²) in [6.45, 7) is 4.14. The van der Waals surface area contributed by atoms with E-state index in [1.165, 1.54) is 25.5 Å². The zero-order valence-electron chi connectivity index (χ0n) is 22.5. The Labute approximate surface area is 232 Å². The van der Waals surface area contributed by atoms with Gasteiger partial charge in [0.2, 0.25) is 5.89 Å². The topological polar surface area (TPSA) is 137 Å². The lowest BCUT2D eigenvalue weighted by Crippen LogP contribution is -2.46. The predicted octanol–water partition coefficient (Wildman–Crippen LogP) is 4.87. The molecule has 0 radical (unpaired) electrons. The number of aryl methyl sites for hydroxylation is 1. The van der Waals surface area contributed by atoms with Crippen molar-refractivity contribution in [3.63, 3.8) is 0 Å². The van der Waals surface area contributed by atoms with Gasteiger partial charge in [0.15, 0.2) is 17.2 Å². The number of rotatable bonds is 6. The molecule has 1 fully saturated rings. The van der Waals surface area contributed by atoms with Gasteiger partial charge < -0.3 is 29.5 Å². The van der Waals surface area contributed by atoms with Crippen molar-refractivity contribution in [2.75, 3.05) is 20.2 Å². The third kappa shape index (κ3) is 5.49. The molecule has 0 aliphatic carbocycles. The summed E-state index contributed by atoms with van der Waals surface area (Å²) in [7, 11) is 1.33. The van der Waals surface area contributed by atoms with E-state index in [1.54, 1.807) is 30.9 Å². The lowest BCUT2D eigenvalue weighted by molar-refractivity contribution is -0.140. The number of aromatic nitrogens is 2. The molecule has 1 aliphatic heterocycles. The van der Waals surface area contributed by atoms with Crippen LogP contribution in [0.3, 0.4) is 0 Å². The first-order chi connectivity index (χ1) is 19.5. The van der Waals surface area contributed by atoms with Gasteiger partial charge in [0.1, 0.15) is 17.0 Å². The van der Waals surface area contributed by atoms with E-state index < -0.39 is 23.8 Å². The van der Waals surface area contributed by atoms with E-state index in [0.717, 1.165) is 11.6 Å². The van der Waals surface area contributed by atoms with Crippen LogP contribution in [0.1, 0.15) is 63.9 Å². The number of likely N-dealkylation sites (tertiary alicyclic amines) is 1. The van der Waals surface area contributed by atoms with Crippen LogP contribution in [-0.4, -0.2) is 52.9 Å². The van der Waals surface area contributed by atoms with Crippen LogP contribution in [-0.2, 0) is 6.18 Å². The number of furan rings is 1. The van der Waals surface area contributed by atoms with Crippen LogP contribution in [0.2, 0.25) is 0 Å². The number of alkyl halides is 3. The molecular weight excluding hydrogens is 543 g/mol. The van der Waals surface area contributed by atoms with Gasteiger partial charge in [-0.15, -0.1) is 0 Å². The van der Waals surface area contributed by atoms with Crippen molar-refractivity contribution in [2.45, 2.75) is 44.9 Å². The molecule has 0 bridgehead atoms. The smallest absolute Gasteiger partial charge is 0.433 e. The van der Waals surface area contributed by atoms with Gasteiger partial charge in [-0.2, -0.15) is 13.2 Å². The number of carbonyl (C=O) groups is 2. The maximum Gasteiger partial charge on any atom is 0.433 e. The van der Waals surface area contributed by atoms with Crippen molar-refractivity contribution in [1.82, 2.24) is 20.2 Å². The van der Waals surface area contributed by atoms with Crippen molar-refractivity contribution in [3.8, 4) is 17.2 Å². The number of pyridine rings is 1. The summed E-state index contributed by atoms with van der Waals surface area (Å²) in [5.74, 6) is -0.128. The van der Waals surface area contributed by atoms with E-state index in [4.69, 9.17) is 19.3 Å². The number of nitrogens with one attached hydrogen (secondary N) is 1. The van der Waals surface area contributed by atoms with Crippen molar-refractivity contribution < 1.29 is 36.3 Å². The Morgan fingerprint density at radius 1 is 1.15 bits per heavy atom. The molecule has 3 aromatic heterocycles. The summed E-state index contributed by atoms with van der Waals surface area (Å²) in [6.07, 6.45) is -2.15. The van der Waals surface area contributed by atoms with Gasteiger partial charge in [0.25, 0.3) is 11.8 Å². The SMILES string of the molecule is COc1ccc(-c2nc(C(=O)N3CCC(NC(=O)c4occc4C)CC3)c([C@H](C)N)o2)c2ccc(C(F)(F)F)nc12. The van der Waals surface area contributed by atoms with E-state index in [2.05, 4.69) is 15.3 Å². The summed E-state index contributed by atoms with van der Waals surface area (Å²) in [5, 5.41) is 3.25. The first-order valence-electron chi connectivity index (χ1n) is 12.9. The number of ether oxygens (including phenoxy) is 1. The molecule has 1 aliphatic rings. The molecule has 41 heavy (non-hydrogen) atoms. The molecule has 1 atom stereocenters. The fourth-order valence-electron chi connectivity index (χ4n) is 4.84. The lowest BCUT2D eigenvalue weighted by atomic mass is 10.0. The molecule has 3 N–H and O–H groups in total. The Morgan fingerprint density at radius 3 is 2.49 bits per heavy atom. The first kappa shape index (κ1) is 28.1. The zero-order valence-corrected chi connectivity index (χ0v) is 22.5. The molecule has 1 saturated heterocycles. The highest BCUT2D eigenvalue weighted by Gasteiger charge is 2.34. The minimum atomic E-state index is -4.64. The number of fused-ring (bicyclic) bond motifs is 1. The highest BCUT2D eigenvalue weighted by Crippen LogP contribution is 2.37. The molecule has 2 amide bonds. The Hall–Kier alpha value is -4.39. The van der Waals surface area contributed by atoms with Crippen LogP contribution in [0, 0.1) is 6.92 Å². The third-order valence-corrected chi connectivity index (χ3v) is 7.02. The second kappa shape index (κ2) is 10.9. The lowest BCUT2D eigenvalue weighted by Gasteiger charge is -2.32. The van der Waals surface area contributed by atoms with Crippen molar-refractivity contribution in [3.05, 3.63) is 65.1 Å². The molecule has 0 spiro atoms. The van der Waals surface area contributed by atoms with Gasteiger partial charge >= 0.3 is 6.18 Å². The average molecular weight is 572 g/mol. The number of nitrogens with two attached hydrogens (primary N) is 1. The fraction of sp³-hybridized carbons (Fsp3) is 0.357. The van der Waals surface area contributed by atoms with Crippen LogP contribution in [0.4, 0.5) is 13.2 Å². The van der Waals surface area contributed by atoms with Crippen LogP contribution >= 0.6 is 0 Å². The van der Waals surface area contributed by atoms with Crippen molar-refractivity contribution >= 4 is 22.7 Å². The standard InChI is InChI=1S/C28H28F3N5O5/c1-14-10-13-40-23(14)25(37)33-16-8-11-36(12-9-16)27(38)22-24(15(2)32)41-26(35-22)18-4-6-19(39-3)21-17(18)5-7-20(34-21)28(29,30)31/h4-7,10,13,15-16H,8-9,11-12,32H2,1-3H3,(H,33,37)/t15-/m0/s1. The highest BCUT2D eigenvalue weighted by atomic mass is 19.4. The molecule has 1 aromatic carbocycles. The number of piperidine rings is 1. The summed E-state index contributed by atoms with van der Waals surface area (Å²) in [5.41, 5.74) is 6.11. The molecule has 0 saturated carbocycles. The van der Waals surface area contributed by atoms with Crippen LogP contribution in [0.15, 0.2) is 45.4 Å². The molecule has 5 rings (SSSR count). The number of benzene rings is 1. The molecule has 216 valence electrons. The number of methoxy groups -OCH3 is 1. The summed E-state index contributed by atoms with van der Waals surface area (Å²) in [6, 6.07) is 6.05. The van der Waals surface area contributed by atoms with Gasteiger partial charge in [-0.1, -0.05) is 0 Å². The maximum atomic E-state index is 13.5. The number of hydrogen-bond acceptors (Lipinski definition) is 8. The van der Waals surface area contributed by atoms with Crippen LogP contribution < -0.4 is 15.8 Å². The summed E-state index contributed by atoms with van der Waals surface area (Å²) < 4.78 is 56.4. The molecule has 13 heteroatoms. The van der Waals surface area contributed by atoms with Crippen LogP contribution in [0.25, 0.3) is 22.4 Å². The molecule has 4 aromatic rings. The summed E-state index contributed by atoms with van der Waals surface area (Å²) in [4.78, 5) is 35.9. The minimum Gasteiger partial charge on any atom is -0.494 e. The molecule has 10 nitrogen and oxygen atoms in total. The molecule has 0 unspecified atom stereocenters. The van der Waals surface area contributed by atoms with Gasteiger partial charge in [-0.05, 0) is 57.0 Å². The van der Waals surface area contributed by atoms with Gasteiger partial charge in [-0.3, -0.25) is 9.59 Å². The number of carbonyl (C=O) groups excluding carboxylic acids is 2. The fourth-order valence-corrected chi connectivity index (χ4v) is 4.84. The average Bonchev–Trinajstić information content (AvgIpc) is 3.58. The maximum absolute atomic E-state index is 13.5. The Bertz CT molecular complexity index is 1600. The highest BCUT2D eigenvalue weighted by molar-refractivity contribution is 5.98. The predicted molar refractivity (Wildman–Crippen MR) is 141 cm³/mol. The van der Waals surface area contributed by atoms with Crippen molar-refractivity contribution in [1.29, 1.82) is 0 Å². The second-order valence-electron chi connectivity index (χ2n) is 9.90. The van der Waals surface area contributed by atoms with E-state index in [9.17, 15) is 22.8 Å². The Kier molecular flexibility index (Phi) is 7.47. The Balaban J connectivity index is 1.39. The van der Waals surface area contributed by atoms with E-state index in [1.807, 2.05) is 0 Å².